The van der Waals surface area contributed by atoms with Crippen molar-refractivity contribution >= 4 is 17.7 Å². The number of rotatable bonds is 8. The lowest BCUT2D eigenvalue weighted by Gasteiger charge is -2.11. The average molecular weight is 218 g/mol. The summed E-state index contributed by atoms with van der Waals surface area (Å²) in [6.45, 7) is 5.45. The normalized spacial score (nSPS) is 12.5. The molecule has 0 aliphatic carbocycles. The first-order chi connectivity index (χ1) is 6.70. The van der Waals surface area contributed by atoms with E-state index in [9.17, 15) is 4.79 Å². The fourth-order valence-electron chi connectivity index (χ4n) is 0.971. The minimum atomic E-state index is 0.100. The SMILES string of the molecule is CCC(C)NC(=O)CNCCCSC. The zero-order valence-corrected chi connectivity index (χ0v) is 10.2. The number of hydrogen-bond donors (Lipinski definition) is 2. The highest BCUT2D eigenvalue weighted by Gasteiger charge is 2.03. The van der Waals surface area contributed by atoms with Crippen LogP contribution < -0.4 is 10.6 Å². The predicted molar refractivity (Wildman–Crippen MR) is 63.8 cm³/mol. The Kier molecular flexibility index (Phi) is 9.19. The van der Waals surface area contributed by atoms with Gasteiger partial charge in [0.15, 0.2) is 0 Å². The molecular weight excluding hydrogens is 196 g/mol. The molecule has 0 saturated carbocycles. The summed E-state index contributed by atoms with van der Waals surface area (Å²) < 4.78 is 0. The van der Waals surface area contributed by atoms with Crippen molar-refractivity contribution in [2.45, 2.75) is 32.7 Å². The molecule has 84 valence electrons. The number of thioether (sulfide) groups is 1. The van der Waals surface area contributed by atoms with Crippen LogP contribution in [0.5, 0.6) is 0 Å². The van der Waals surface area contributed by atoms with Crippen LogP contribution in [0.15, 0.2) is 0 Å². The molecule has 0 bridgehead atoms. The summed E-state index contributed by atoms with van der Waals surface area (Å²) in [5, 5.41) is 6.04. The van der Waals surface area contributed by atoms with Gasteiger partial charge in [0.1, 0.15) is 0 Å². The van der Waals surface area contributed by atoms with Crippen molar-refractivity contribution in [3.05, 3.63) is 0 Å². The van der Waals surface area contributed by atoms with Crippen LogP contribution >= 0.6 is 11.8 Å². The van der Waals surface area contributed by atoms with E-state index in [1.165, 1.54) is 0 Å². The number of carbonyl (C=O) groups excluding carboxylic acids is 1. The van der Waals surface area contributed by atoms with E-state index in [-0.39, 0.29) is 11.9 Å². The summed E-state index contributed by atoms with van der Waals surface area (Å²) in [6.07, 6.45) is 4.20. The molecule has 3 nitrogen and oxygen atoms in total. The summed E-state index contributed by atoms with van der Waals surface area (Å²) in [5.41, 5.74) is 0. The Hall–Kier alpha value is -0.220. The van der Waals surface area contributed by atoms with Crippen molar-refractivity contribution in [2.75, 3.05) is 25.1 Å². The molecule has 0 rings (SSSR count). The summed E-state index contributed by atoms with van der Waals surface area (Å²) in [6, 6.07) is 0.287. The van der Waals surface area contributed by atoms with Gasteiger partial charge in [0, 0.05) is 6.04 Å². The Labute approximate surface area is 91.4 Å². The Morgan fingerprint density at radius 3 is 2.79 bits per heavy atom. The van der Waals surface area contributed by atoms with Gasteiger partial charge in [0.05, 0.1) is 6.54 Å². The molecule has 4 heteroatoms. The van der Waals surface area contributed by atoms with Gasteiger partial charge in [-0.3, -0.25) is 4.79 Å². The van der Waals surface area contributed by atoms with Gasteiger partial charge in [-0.1, -0.05) is 6.92 Å². The van der Waals surface area contributed by atoms with Gasteiger partial charge in [-0.05, 0) is 38.3 Å². The minimum absolute atomic E-state index is 0.100. The third kappa shape index (κ3) is 8.38. The van der Waals surface area contributed by atoms with Gasteiger partial charge >= 0.3 is 0 Å². The lowest BCUT2D eigenvalue weighted by molar-refractivity contribution is -0.120. The van der Waals surface area contributed by atoms with Crippen LogP contribution in [0, 0.1) is 0 Å². The molecule has 1 unspecified atom stereocenters. The third-order valence-electron chi connectivity index (χ3n) is 2.01. The highest BCUT2D eigenvalue weighted by atomic mass is 32.2. The van der Waals surface area contributed by atoms with Crippen molar-refractivity contribution in [3.8, 4) is 0 Å². The number of hydrogen-bond acceptors (Lipinski definition) is 3. The number of nitrogens with one attached hydrogen (secondary N) is 2. The molecule has 0 saturated heterocycles. The molecular formula is C10H22N2OS. The molecule has 0 aromatic heterocycles. The highest BCUT2D eigenvalue weighted by Crippen LogP contribution is 1.93. The van der Waals surface area contributed by atoms with Gasteiger partial charge in [0.25, 0.3) is 0 Å². The molecule has 14 heavy (non-hydrogen) atoms. The first-order valence-electron chi connectivity index (χ1n) is 5.19. The second-order valence-corrected chi connectivity index (χ2v) is 4.39. The van der Waals surface area contributed by atoms with Crippen LogP contribution in [-0.2, 0) is 4.79 Å². The predicted octanol–water partition coefficient (Wildman–Crippen LogP) is 1.24. The first kappa shape index (κ1) is 13.8. The van der Waals surface area contributed by atoms with Crippen LogP contribution in [0.4, 0.5) is 0 Å². The summed E-state index contributed by atoms with van der Waals surface area (Å²) in [7, 11) is 0. The molecule has 0 fully saturated rings. The third-order valence-corrected chi connectivity index (χ3v) is 2.70. The highest BCUT2D eigenvalue weighted by molar-refractivity contribution is 7.98. The maximum Gasteiger partial charge on any atom is 0.234 e. The second-order valence-electron chi connectivity index (χ2n) is 3.40. The summed E-state index contributed by atoms with van der Waals surface area (Å²) in [5.74, 6) is 1.25. The Morgan fingerprint density at radius 1 is 1.50 bits per heavy atom. The van der Waals surface area contributed by atoms with Crippen LogP contribution in [0.25, 0.3) is 0 Å². The van der Waals surface area contributed by atoms with Gasteiger partial charge in [0.2, 0.25) is 5.91 Å². The van der Waals surface area contributed by atoms with Crippen LogP contribution in [0.2, 0.25) is 0 Å². The second kappa shape index (κ2) is 9.34. The molecule has 0 aliphatic rings. The van der Waals surface area contributed by atoms with Crippen LogP contribution in [0.3, 0.4) is 0 Å². The van der Waals surface area contributed by atoms with Crippen molar-refractivity contribution < 1.29 is 4.79 Å². The molecule has 0 radical (unpaired) electrons. The maximum absolute atomic E-state index is 11.3. The topological polar surface area (TPSA) is 41.1 Å². The fourth-order valence-corrected chi connectivity index (χ4v) is 1.40. The molecule has 0 spiro atoms. The summed E-state index contributed by atoms with van der Waals surface area (Å²) in [4.78, 5) is 11.3. The van der Waals surface area contributed by atoms with E-state index in [0.717, 1.165) is 25.1 Å². The van der Waals surface area contributed by atoms with Crippen molar-refractivity contribution in [1.82, 2.24) is 10.6 Å². The Bertz CT molecular complexity index is 153. The van der Waals surface area contributed by atoms with E-state index in [1.807, 2.05) is 18.7 Å². The molecule has 1 atom stereocenters. The van der Waals surface area contributed by atoms with Gasteiger partial charge < -0.3 is 10.6 Å². The fraction of sp³-hybridized carbons (Fsp3) is 0.900. The lowest BCUT2D eigenvalue weighted by atomic mass is 10.2. The van der Waals surface area contributed by atoms with E-state index in [2.05, 4.69) is 23.8 Å². The van der Waals surface area contributed by atoms with E-state index in [1.54, 1.807) is 0 Å². The number of carbonyl (C=O) groups is 1. The molecule has 0 aromatic rings. The maximum atomic E-state index is 11.3. The number of amides is 1. The Balaban J connectivity index is 3.27. The zero-order valence-electron chi connectivity index (χ0n) is 9.43. The Morgan fingerprint density at radius 2 is 2.21 bits per heavy atom. The quantitative estimate of drug-likeness (QED) is 0.602. The van der Waals surface area contributed by atoms with Crippen LogP contribution in [0.1, 0.15) is 26.7 Å². The van der Waals surface area contributed by atoms with Crippen molar-refractivity contribution in [3.63, 3.8) is 0 Å². The molecule has 0 heterocycles. The summed E-state index contributed by atoms with van der Waals surface area (Å²) >= 11 is 1.83. The van der Waals surface area contributed by atoms with Crippen LogP contribution in [-0.4, -0.2) is 37.0 Å². The van der Waals surface area contributed by atoms with E-state index in [4.69, 9.17) is 0 Å². The molecule has 1 amide bonds. The standard InChI is InChI=1S/C10H22N2OS/c1-4-9(2)12-10(13)8-11-6-5-7-14-3/h9,11H,4-8H2,1-3H3,(H,12,13). The zero-order chi connectivity index (χ0) is 10.8. The van der Waals surface area contributed by atoms with E-state index < -0.39 is 0 Å². The van der Waals surface area contributed by atoms with E-state index >= 15 is 0 Å². The van der Waals surface area contributed by atoms with Crippen molar-refractivity contribution in [1.29, 1.82) is 0 Å². The molecule has 0 aromatic carbocycles. The molecule has 0 aliphatic heterocycles. The first-order valence-corrected chi connectivity index (χ1v) is 6.59. The van der Waals surface area contributed by atoms with Gasteiger partial charge in [-0.15, -0.1) is 0 Å². The van der Waals surface area contributed by atoms with E-state index in [0.29, 0.717) is 6.54 Å². The van der Waals surface area contributed by atoms with Gasteiger partial charge in [-0.2, -0.15) is 11.8 Å². The van der Waals surface area contributed by atoms with Crippen molar-refractivity contribution in [2.24, 2.45) is 0 Å². The molecule has 2 N–H and O–H groups in total. The largest absolute Gasteiger partial charge is 0.353 e. The van der Waals surface area contributed by atoms with Gasteiger partial charge in [-0.25, -0.2) is 0 Å². The average Bonchev–Trinajstić information content (AvgIpc) is 2.17. The smallest absolute Gasteiger partial charge is 0.234 e. The lowest BCUT2D eigenvalue weighted by Crippen LogP contribution is -2.39. The minimum Gasteiger partial charge on any atom is -0.353 e. The monoisotopic (exact) mass is 218 g/mol.